The topological polar surface area (TPSA) is 84.9 Å². The van der Waals surface area contributed by atoms with Crippen molar-refractivity contribution in [2.45, 2.75) is 39.1 Å². The molecule has 34 heavy (non-hydrogen) atoms. The molecule has 12 heteroatoms. The van der Waals surface area contributed by atoms with E-state index in [-0.39, 0.29) is 24.1 Å². The fourth-order valence-electron chi connectivity index (χ4n) is 3.80. The van der Waals surface area contributed by atoms with Crippen LogP contribution in [0.3, 0.4) is 0 Å². The van der Waals surface area contributed by atoms with E-state index in [2.05, 4.69) is 4.74 Å². The number of ether oxygens (including phenoxy) is 2. The monoisotopic (exact) mass is 504 g/mol. The molecule has 1 aliphatic heterocycles. The van der Waals surface area contributed by atoms with Gasteiger partial charge in [0.15, 0.2) is 0 Å². The minimum atomic E-state index is -4.77. The van der Waals surface area contributed by atoms with Crippen LogP contribution in [-0.4, -0.2) is 46.1 Å². The Morgan fingerprint density at radius 3 is 2.44 bits per heavy atom. The molecule has 1 amide bonds. The molecular formula is C22H24F4N2O5S. The smallest absolute Gasteiger partial charge is 0.491 e. The van der Waals surface area contributed by atoms with E-state index < -0.39 is 33.7 Å². The Morgan fingerprint density at radius 2 is 1.82 bits per heavy atom. The highest BCUT2D eigenvalue weighted by molar-refractivity contribution is 7.89. The van der Waals surface area contributed by atoms with Gasteiger partial charge in [-0.25, -0.2) is 17.5 Å². The summed E-state index contributed by atoms with van der Waals surface area (Å²) in [4.78, 5) is 14.0. The number of rotatable bonds is 7. The molecular weight excluding hydrogens is 480 g/mol. The number of amides is 1. The van der Waals surface area contributed by atoms with Crippen LogP contribution in [0.25, 0.3) is 0 Å². The van der Waals surface area contributed by atoms with Crippen molar-refractivity contribution in [1.29, 1.82) is 0 Å². The summed E-state index contributed by atoms with van der Waals surface area (Å²) in [6.45, 7) is 3.97. The molecule has 0 bridgehead atoms. The van der Waals surface area contributed by atoms with Crippen LogP contribution in [0, 0.1) is 19.7 Å². The average Bonchev–Trinajstić information content (AvgIpc) is 3.16. The van der Waals surface area contributed by atoms with Crippen LogP contribution in [0.5, 0.6) is 11.5 Å². The van der Waals surface area contributed by atoms with E-state index in [0.29, 0.717) is 23.4 Å². The first kappa shape index (κ1) is 25.6. The third-order valence-electron chi connectivity index (χ3n) is 5.31. The van der Waals surface area contributed by atoms with Gasteiger partial charge in [0.1, 0.15) is 23.9 Å². The fourth-order valence-corrected chi connectivity index (χ4v) is 4.25. The summed E-state index contributed by atoms with van der Waals surface area (Å²) in [6.07, 6.45) is -2.38. The van der Waals surface area contributed by atoms with Crippen molar-refractivity contribution in [1.82, 2.24) is 4.72 Å². The highest BCUT2D eigenvalue weighted by Gasteiger charge is 2.32. The van der Waals surface area contributed by atoms with Gasteiger partial charge in [-0.1, -0.05) is 0 Å². The van der Waals surface area contributed by atoms with E-state index in [9.17, 15) is 30.8 Å². The Hall–Kier alpha value is -3.02. The van der Waals surface area contributed by atoms with Crippen LogP contribution >= 0.6 is 0 Å². The third kappa shape index (κ3) is 6.52. The Kier molecular flexibility index (Phi) is 7.29. The Balaban J connectivity index is 1.71. The first-order valence-electron chi connectivity index (χ1n) is 10.3. The molecule has 1 aliphatic rings. The Morgan fingerprint density at radius 1 is 1.15 bits per heavy atom. The number of anilines is 1. The summed E-state index contributed by atoms with van der Waals surface area (Å²) in [5.41, 5.74) is 1.07. The fraction of sp³-hybridized carbons (Fsp3) is 0.409. The molecule has 1 atom stereocenters. The van der Waals surface area contributed by atoms with Gasteiger partial charge in [0.25, 0.3) is 5.91 Å². The second-order valence-corrected chi connectivity index (χ2v) is 9.85. The number of carbonyl (C=O) groups excluding carboxylic acids is 1. The van der Waals surface area contributed by atoms with E-state index in [1.165, 1.54) is 19.1 Å². The van der Waals surface area contributed by atoms with Gasteiger partial charge in [0, 0.05) is 18.3 Å². The predicted octanol–water partition coefficient (Wildman–Crippen LogP) is 4.08. The highest BCUT2D eigenvalue weighted by atomic mass is 32.2. The minimum absolute atomic E-state index is 0.107. The van der Waals surface area contributed by atoms with Crippen LogP contribution in [0.4, 0.5) is 23.2 Å². The summed E-state index contributed by atoms with van der Waals surface area (Å²) in [5.74, 6) is -2.08. The van der Waals surface area contributed by atoms with E-state index in [0.717, 1.165) is 25.2 Å². The molecule has 1 fully saturated rings. The lowest BCUT2D eigenvalue weighted by molar-refractivity contribution is -0.274. The van der Waals surface area contributed by atoms with E-state index in [1.807, 2.05) is 4.90 Å². The molecule has 0 unspecified atom stereocenters. The lowest BCUT2D eigenvalue weighted by Crippen LogP contribution is -2.34. The quantitative estimate of drug-likeness (QED) is 0.572. The van der Waals surface area contributed by atoms with Crippen LogP contribution in [0.2, 0.25) is 0 Å². The van der Waals surface area contributed by atoms with Crippen molar-refractivity contribution in [2.75, 3.05) is 24.3 Å². The molecule has 2 aromatic carbocycles. The van der Waals surface area contributed by atoms with Gasteiger partial charge in [0.05, 0.1) is 17.9 Å². The molecule has 0 aliphatic carbocycles. The molecule has 0 aromatic heterocycles. The molecule has 0 spiro atoms. The highest BCUT2D eigenvalue weighted by Crippen LogP contribution is 2.33. The number of halogens is 4. The Bertz CT molecular complexity index is 1180. The molecule has 7 nitrogen and oxygen atoms in total. The normalized spacial score (nSPS) is 16.4. The minimum Gasteiger partial charge on any atom is -0.491 e. The number of carbonyl (C=O) groups is 1. The van der Waals surface area contributed by atoms with Crippen molar-refractivity contribution in [3.8, 4) is 11.5 Å². The zero-order chi connectivity index (χ0) is 25.3. The lowest BCUT2D eigenvalue weighted by atomic mass is 10.1. The zero-order valence-electron chi connectivity index (χ0n) is 18.7. The number of sulfonamides is 1. The van der Waals surface area contributed by atoms with Gasteiger partial charge >= 0.3 is 6.36 Å². The number of hydrogen-bond acceptors (Lipinski definition) is 6. The van der Waals surface area contributed by atoms with Crippen molar-refractivity contribution < 1.29 is 40.2 Å². The molecule has 3 rings (SSSR count). The van der Waals surface area contributed by atoms with Gasteiger partial charge in [-0.05, 0) is 62.1 Å². The SMILES string of the molecule is Cc1cc(C(=O)NS(C)(=O)=O)c(F)cc1OC[C@H]1CCCN1c1ccc(OC(F)(F)F)c(C)c1. The van der Waals surface area contributed by atoms with Gasteiger partial charge in [-0.2, -0.15) is 0 Å². The standard InChI is InChI=1S/C22H24F4N2O5S/c1-13-9-15(6-7-19(13)33-22(24,25)26)28-8-4-5-16(28)12-32-20-11-18(23)17(10-14(20)2)21(29)27-34(3,30)31/h6-7,9-11,16H,4-5,8,12H2,1-3H3,(H,27,29)/t16-/m1/s1. The van der Waals surface area contributed by atoms with Crippen molar-refractivity contribution in [2.24, 2.45) is 0 Å². The molecule has 2 aromatic rings. The first-order chi connectivity index (χ1) is 15.7. The van der Waals surface area contributed by atoms with Crippen LogP contribution < -0.4 is 19.1 Å². The zero-order valence-corrected chi connectivity index (χ0v) is 19.5. The van der Waals surface area contributed by atoms with E-state index in [1.54, 1.807) is 23.8 Å². The number of nitrogens with zero attached hydrogens (tertiary/aromatic N) is 1. The van der Waals surface area contributed by atoms with Gasteiger partial charge in [0.2, 0.25) is 10.0 Å². The maximum absolute atomic E-state index is 14.5. The van der Waals surface area contributed by atoms with Crippen molar-refractivity contribution >= 4 is 21.6 Å². The van der Waals surface area contributed by atoms with Crippen LogP contribution in [0.15, 0.2) is 30.3 Å². The molecule has 1 N–H and O–H groups in total. The van der Waals surface area contributed by atoms with E-state index in [4.69, 9.17) is 4.74 Å². The number of aryl methyl sites for hydroxylation is 2. The summed E-state index contributed by atoms with van der Waals surface area (Å²) < 4.78 is 86.0. The maximum Gasteiger partial charge on any atom is 0.573 e. The van der Waals surface area contributed by atoms with Crippen molar-refractivity contribution in [3.05, 3.63) is 52.8 Å². The van der Waals surface area contributed by atoms with Crippen LogP contribution in [-0.2, 0) is 10.0 Å². The molecule has 0 saturated carbocycles. The summed E-state index contributed by atoms with van der Waals surface area (Å²) in [7, 11) is -3.85. The number of nitrogens with one attached hydrogen (secondary N) is 1. The molecule has 0 radical (unpaired) electrons. The Labute approximate surface area is 194 Å². The number of hydrogen-bond donors (Lipinski definition) is 1. The van der Waals surface area contributed by atoms with Crippen LogP contribution in [0.1, 0.15) is 34.3 Å². The predicted molar refractivity (Wildman–Crippen MR) is 117 cm³/mol. The van der Waals surface area contributed by atoms with Crippen molar-refractivity contribution in [3.63, 3.8) is 0 Å². The van der Waals surface area contributed by atoms with Gasteiger partial charge < -0.3 is 14.4 Å². The molecule has 186 valence electrons. The summed E-state index contributed by atoms with van der Waals surface area (Å²) in [5, 5.41) is 0. The van der Waals surface area contributed by atoms with Gasteiger partial charge in [-0.3, -0.25) is 4.79 Å². The summed E-state index contributed by atoms with van der Waals surface area (Å²) in [6, 6.07) is 6.56. The second-order valence-electron chi connectivity index (χ2n) is 8.10. The number of benzene rings is 2. The third-order valence-corrected chi connectivity index (χ3v) is 5.87. The average molecular weight is 505 g/mol. The molecule has 1 heterocycles. The van der Waals surface area contributed by atoms with Gasteiger partial charge in [-0.15, -0.1) is 13.2 Å². The first-order valence-corrected chi connectivity index (χ1v) is 12.2. The lowest BCUT2D eigenvalue weighted by Gasteiger charge is -2.28. The summed E-state index contributed by atoms with van der Waals surface area (Å²) >= 11 is 0. The molecule has 1 saturated heterocycles. The van der Waals surface area contributed by atoms with E-state index >= 15 is 0 Å². The largest absolute Gasteiger partial charge is 0.573 e. The maximum atomic E-state index is 14.5. The number of alkyl halides is 3. The second kappa shape index (κ2) is 9.69.